The Balaban J connectivity index is 2.01. The number of hydrogen-bond donors (Lipinski definition) is 2. The summed E-state index contributed by atoms with van der Waals surface area (Å²) in [5, 5.41) is 12.3. The van der Waals surface area contributed by atoms with Crippen molar-refractivity contribution in [1.29, 1.82) is 0 Å². The molecular weight excluding hydrogens is 280 g/mol. The van der Waals surface area contributed by atoms with E-state index in [1.807, 2.05) is 0 Å². The summed E-state index contributed by atoms with van der Waals surface area (Å²) >= 11 is 0. The number of hydrogen-bond acceptors (Lipinski definition) is 5. The van der Waals surface area contributed by atoms with Crippen LogP contribution in [0.25, 0.3) is 0 Å². The molecule has 108 valence electrons. The van der Waals surface area contributed by atoms with Crippen molar-refractivity contribution >= 4 is 10.0 Å². The lowest BCUT2D eigenvalue weighted by Gasteiger charge is -2.06. The van der Waals surface area contributed by atoms with Crippen molar-refractivity contribution < 1.29 is 18.0 Å². The monoisotopic (exact) mass is 296 g/mol. The zero-order valence-electron chi connectivity index (χ0n) is 10.8. The van der Waals surface area contributed by atoms with E-state index in [9.17, 15) is 8.42 Å². The molecule has 0 saturated carbocycles. The van der Waals surface area contributed by atoms with Gasteiger partial charge in [-0.2, -0.15) is 0 Å². The normalized spacial score (nSPS) is 11.7. The van der Waals surface area contributed by atoms with E-state index in [1.54, 1.807) is 30.3 Å². The molecule has 0 bridgehead atoms. The molecule has 2 rings (SSSR count). The Hall–Kier alpha value is -1.70. The SMILES string of the molecule is O=S(=O)(NCc1ccno1)c1ccc(CCCO)cc1. The predicted molar refractivity (Wildman–Crippen MR) is 72.4 cm³/mol. The number of aryl methyl sites for hydroxylation is 1. The van der Waals surface area contributed by atoms with Gasteiger partial charge in [0.1, 0.15) is 0 Å². The molecule has 0 aliphatic carbocycles. The third-order valence-corrected chi connectivity index (χ3v) is 4.20. The summed E-state index contributed by atoms with van der Waals surface area (Å²) in [6, 6.07) is 8.20. The lowest BCUT2D eigenvalue weighted by Crippen LogP contribution is -2.23. The second kappa shape index (κ2) is 6.65. The maximum Gasteiger partial charge on any atom is 0.240 e. The highest BCUT2D eigenvalue weighted by atomic mass is 32.2. The van der Waals surface area contributed by atoms with Gasteiger partial charge < -0.3 is 9.63 Å². The Bertz CT molecular complexity index is 621. The van der Waals surface area contributed by atoms with Gasteiger partial charge in [0.05, 0.1) is 17.6 Å². The average Bonchev–Trinajstić information content (AvgIpc) is 2.97. The highest BCUT2D eigenvalue weighted by Crippen LogP contribution is 2.12. The molecule has 0 aliphatic heterocycles. The van der Waals surface area contributed by atoms with Crippen LogP contribution < -0.4 is 4.72 Å². The van der Waals surface area contributed by atoms with Crippen molar-refractivity contribution in [1.82, 2.24) is 9.88 Å². The summed E-state index contributed by atoms with van der Waals surface area (Å²) in [5.41, 5.74) is 0.994. The van der Waals surface area contributed by atoms with E-state index < -0.39 is 10.0 Å². The van der Waals surface area contributed by atoms with Crippen molar-refractivity contribution in [2.24, 2.45) is 0 Å². The maximum atomic E-state index is 12.0. The van der Waals surface area contributed by atoms with Crippen LogP contribution in [0.15, 0.2) is 45.9 Å². The Morgan fingerprint density at radius 3 is 2.55 bits per heavy atom. The second-order valence-electron chi connectivity index (χ2n) is 4.27. The van der Waals surface area contributed by atoms with Gasteiger partial charge in [0, 0.05) is 12.7 Å². The molecule has 0 atom stereocenters. The molecular formula is C13H16N2O4S. The molecule has 7 heteroatoms. The van der Waals surface area contributed by atoms with Crippen LogP contribution in [0.5, 0.6) is 0 Å². The number of aromatic nitrogens is 1. The van der Waals surface area contributed by atoms with E-state index in [4.69, 9.17) is 9.63 Å². The van der Waals surface area contributed by atoms with Gasteiger partial charge in [-0.25, -0.2) is 13.1 Å². The van der Waals surface area contributed by atoms with Gasteiger partial charge in [-0.05, 0) is 30.5 Å². The molecule has 0 saturated heterocycles. The van der Waals surface area contributed by atoms with Gasteiger partial charge in [0.25, 0.3) is 0 Å². The van der Waals surface area contributed by atoms with E-state index in [1.165, 1.54) is 6.20 Å². The number of rotatable bonds is 7. The van der Waals surface area contributed by atoms with E-state index in [0.29, 0.717) is 12.2 Å². The van der Waals surface area contributed by atoms with Crippen LogP contribution in [0.2, 0.25) is 0 Å². The fourth-order valence-corrected chi connectivity index (χ4v) is 2.69. The number of sulfonamides is 1. The van der Waals surface area contributed by atoms with E-state index in [2.05, 4.69) is 9.88 Å². The number of nitrogens with one attached hydrogen (secondary N) is 1. The summed E-state index contributed by atoms with van der Waals surface area (Å²) in [6.45, 7) is 0.188. The lowest BCUT2D eigenvalue weighted by atomic mass is 10.1. The minimum absolute atomic E-state index is 0.0641. The first-order valence-electron chi connectivity index (χ1n) is 6.21. The molecule has 0 radical (unpaired) electrons. The molecule has 1 aromatic carbocycles. The fraction of sp³-hybridized carbons (Fsp3) is 0.308. The second-order valence-corrected chi connectivity index (χ2v) is 6.04. The van der Waals surface area contributed by atoms with Crippen molar-refractivity contribution in [3.63, 3.8) is 0 Å². The van der Waals surface area contributed by atoms with Crippen molar-refractivity contribution in [2.45, 2.75) is 24.3 Å². The van der Waals surface area contributed by atoms with Gasteiger partial charge >= 0.3 is 0 Å². The van der Waals surface area contributed by atoms with E-state index in [0.717, 1.165) is 12.0 Å². The first kappa shape index (κ1) is 14.7. The Kier molecular flexibility index (Phi) is 4.89. The van der Waals surface area contributed by atoms with Crippen molar-refractivity contribution in [3.05, 3.63) is 47.9 Å². The smallest absolute Gasteiger partial charge is 0.240 e. The molecule has 0 fully saturated rings. The summed E-state index contributed by atoms with van der Waals surface area (Å²) in [4.78, 5) is 0.199. The Labute approximate surface area is 117 Å². The number of aliphatic hydroxyl groups is 1. The lowest BCUT2D eigenvalue weighted by molar-refractivity contribution is 0.288. The molecule has 1 heterocycles. The summed E-state index contributed by atoms with van der Waals surface area (Å²) in [6.07, 6.45) is 2.84. The van der Waals surface area contributed by atoms with Crippen molar-refractivity contribution in [2.75, 3.05) is 6.61 Å². The van der Waals surface area contributed by atoms with Crippen LogP contribution >= 0.6 is 0 Å². The molecule has 0 aliphatic rings. The Morgan fingerprint density at radius 2 is 1.95 bits per heavy atom. The topological polar surface area (TPSA) is 92.4 Å². The summed E-state index contributed by atoms with van der Waals surface area (Å²) in [7, 11) is -3.56. The summed E-state index contributed by atoms with van der Waals surface area (Å²) < 4.78 is 31.3. The van der Waals surface area contributed by atoms with Gasteiger partial charge in [-0.3, -0.25) is 0 Å². The molecule has 0 unspecified atom stereocenters. The predicted octanol–water partition coefficient (Wildman–Crippen LogP) is 1.08. The first-order valence-corrected chi connectivity index (χ1v) is 7.69. The third-order valence-electron chi connectivity index (χ3n) is 2.78. The zero-order valence-corrected chi connectivity index (χ0v) is 11.6. The minimum atomic E-state index is -3.56. The highest BCUT2D eigenvalue weighted by Gasteiger charge is 2.14. The molecule has 0 spiro atoms. The fourth-order valence-electron chi connectivity index (χ4n) is 1.70. The van der Waals surface area contributed by atoms with Crippen LogP contribution in [-0.4, -0.2) is 25.3 Å². The number of aliphatic hydroxyl groups excluding tert-OH is 1. The Morgan fingerprint density at radius 1 is 1.20 bits per heavy atom. The van der Waals surface area contributed by atoms with E-state index in [-0.39, 0.29) is 18.0 Å². The third kappa shape index (κ3) is 3.89. The molecule has 2 N–H and O–H groups in total. The van der Waals surface area contributed by atoms with Gasteiger partial charge in [-0.15, -0.1) is 0 Å². The minimum Gasteiger partial charge on any atom is -0.396 e. The standard InChI is InChI=1S/C13H16N2O4S/c16-9-1-2-11-3-5-13(6-4-11)20(17,18)15-10-12-7-8-14-19-12/h3-8,15-16H,1-2,9-10H2. The van der Waals surface area contributed by atoms with Crippen LogP contribution in [0.1, 0.15) is 17.7 Å². The van der Waals surface area contributed by atoms with Crippen molar-refractivity contribution in [3.8, 4) is 0 Å². The largest absolute Gasteiger partial charge is 0.396 e. The molecule has 0 amide bonds. The number of benzene rings is 1. The van der Waals surface area contributed by atoms with Crippen LogP contribution in [0.3, 0.4) is 0 Å². The van der Waals surface area contributed by atoms with Crippen LogP contribution in [0, 0.1) is 0 Å². The number of nitrogens with zero attached hydrogens (tertiary/aromatic N) is 1. The molecule has 2 aromatic rings. The van der Waals surface area contributed by atoms with Crippen LogP contribution in [0.4, 0.5) is 0 Å². The highest BCUT2D eigenvalue weighted by molar-refractivity contribution is 7.89. The summed E-state index contributed by atoms with van der Waals surface area (Å²) in [5.74, 6) is 0.452. The molecule has 6 nitrogen and oxygen atoms in total. The van der Waals surface area contributed by atoms with Gasteiger partial charge in [0.15, 0.2) is 5.76 Å². The zero-order chi connectivity index (χ0) is 14.4. The van der Waals surface area contributed by atoms with Gasteiger partial charge in [0.2, 0.25) is 10.0 Å². The maximum absolute atomic E-state index is 12.0. The first-order chi connectivity index (χ1) is 9.62. The quantitative estimate of drug-likeness (QED) is 0.797. The molecule has 20 heavy (non-hydrogen) atoms. The average molecular weight is 296 g/mol. The van der Waals surface area contributed by atoms with Gasteiger partial charge in [-0.1, -0.05) is 17.3 Å². The van der Waals surface area contributed by atoms with Crippen LogP contribution in [-0.2, 0) is 23.0 Å². The molecule has 1 aromatic heterocycles. The van der Waals surface area contributed by atoms with E-state index >= 15 is 0 Å².